The predicted octanol–water partition coefficient (Wildman–Crippen LogP) is 1.62. The molecule has 6 heteroatoms. The molecule has 0 aliphatic carbocycles. The van der Waals surface area contributed by atoms with Gasteiger partial charge in [-0.1, -0.05) is 0 Å². The number of rotatable bonds is 4. The lowest BCUT2D eigenvalue weighted by Gasteiger charge is -2.15. The van der Waals surface area contributed by atoms with E-state index < -0.39 is 5.91 Å². The van der Waals surface area contributed by atoms with Gasteiger partial charge in [-0.15, -0.1) is 0 Å². The summed E-state index contributed by atoms with van der Waals surface area (Å²) in [5.74, 6) is 0.325. The van der Waals surface area contributed by atoms with Crippen LogP contribution in [0.4, 0.5) is 11.4 Å². The number of primary amides is 1. The fraction of sp³-hybridized carbons (Fsp3) is 0.143. The van der Waals surface area contributed by atoms with E-state index in [0.29, 0.717) is 22.9 Å². The average molecular weight is 272 g/mol. The van der Waals surface area contributed by atoms with Crippen LogP contribution in [0, 0.1) is 0 Å². The summed E-state index contributed by atoms with van der Waals surface area (Å²) in [5, 5.41) is 0. The summed E-state index contributed by atoms with van der Waals surface area (Å²) in [5.41, 5.74) is 12.8. The summed E-state index contributed by atoms with van der Waals surface area (Å²) in [6.45, 7) is 0. The summed E-state index contributed by atoms with van der Waals surface area (Å²) in [6.07, 6.45) is 1.36. The van der Waals surface area contributed by atoms with E-state index in [1.807, 2.05) is 31.1 Å². The minimum Gasteiger partial charge on any atom is -0.437 e. The molecule has 1 aromatic carbocycles. The fourth-order valence-corrected chi connectivity index (χ4v) is 1.59. The van der Waals surface area contributed by atoms with E-state index >= 15 is 0 Å². The number of pyridine rings is 1. The van der Waals surface area contributed by atoms with Gasteiger partial charge >= 0.3 is 0 Å². The van der Waals surface area contributed by atoms with E-state index in [4.69, 9.17) is 16.2 Å². The Balaban J connectivity index is 2.25. The van der Waals surface area contributed by atoms with Crippen molar-refractivity contribution in [3.63, 3.8) is 0 Å². The van der Waals surface area contributed by atoms with Crippen LogP contribution >= 0.6 is 0 Å². The Morgan fingerprint density at radius 2 is 2.00 bits per heavy atom. The molecule has 2 rings (SSSR count). The molecular formula is C14H16N4O2. The molecule has 1 aromatic heterocycles. The Labute approximate surface area is 117 Å². The van der Waals surface area contributed by atoms with E-state index in [-0.39, 0.29) is 0 Å². The van der Waals surface area contributed by atoms with Crippen LogP contribution in [-0.4, -0.2) is 25.0 Å². The number of benzene rings is 1. The number of nitrogens with zero attached hydrogens (tertiary/aromatic N) is 2. The molecule has 0 saturated carbocycles. The van der Waals surface area contributed by atoms with Crippen LogP contribution in [0.25, 0.3) is 0 Å². The van der Waals surface area contributed by atoms with E-state index in [9.17, 15) is 4.79 Å². The second-order valence-electron chi connectivity index (χ2n) is 4.47. The van der Waals surface area contributed by atoms with Crippen LogP contribution in [0.5, 0.6) is 11.6 Å². The molecule has 104 valence electrons. The third-order valence-electron chi connectivity index (χ3n) is 2.75. The highest BCUT2D eigenvalue weighted by Gasteiger charge is 2.07. The number of nitrogen functional groups attached to an aromatic ring is 1. The third-order valence-corrected chi connectivity index (χ3v) is 2.75. The van der Waals surface area contributed by atoms with Gasteiger partial charge in [0.2, 0.25) is 11.8 Å². The Bertz CT molecular complexity index is 624. The molecule has 20 heavy (non-hydrogen) atoms. The minimum atomic E-state index is -0.529. The summed E-state index contributed by atoms with van der Waals surface area (Å²) in [7, 11) is 3.85. The van der Waals surface area contributed by atoms with Crippen molar-refractivity contribution in [1.29, 1.82) is 0 Å². The number of nitrogens with two attached hydrogens (primary N) is 2. The highest BCUT2D eigenvalue weighted by atomic mass is 16.5. The molecule has 0 saturated heterocycles. The van der Waals surface area contributed by atoms with Gasteiger partial charge in [0.25, 0.3) is 0 Å². The lowest BCUT2D eigenvalue weighted by atomic mass is 10.2. The first-order valence-corrected chi connectivity index (χ1v) is 5.98. The lowest BCUT2D eigenvalue weighted by Crippen LogP contribution is -2.11. The van der Waals surface area contributed by atoms with Crippen LogP contribution in [-0.2, 0) is 0 Å². The number of hydrogen-bond donors (Lipinski definition) is 2. The monoisotopic (exact) mass is 272 g/mol. The predicted molar refractivity (Wildman–Crippen MR) is 78.0 cm³/mol. The molecule has 0 atom stereocenters. The van der Waals surface area contributed by atoms with Gasteiger partial charge in [0.15, 0.2) is 5.75 Å². The third kappa shape index (κ3) is 2.97. The van der Waals surface area contributed by atoms with Crippen LogP contribution in [0.1, 0.15) is 10.4 Å². The van der Waals surface area contributed by atoms with Crippen molar-refractivity contribution in [1.82, 2.24) is 4.98 Å². The second-order valence-corrected chi connectivity index (χ2v) is 4.47. The van der Waals surface area contributed by atoms with Gasteiger partial charge in [0, 0.05) is 38.1 Å². The van der Waals surface area contributed by atoms with Crippen LogP contribution in [0.15, 0.2) is 36.5 Å². The molecule has 0 unspecified atom stereocenters. The summed E-state index contributed by atoms with van der Waals surface area (Å²) >= 11 is 0. The molecule has 0 aliphatic heterocycles. The highest BCUT2D eigenvalue weighted by molar-refractivity contribution is 5.92. The molecule has 1 amide bonds. The van der Waals surface area contributed by atoms with Crippen molar-refractivity contribution in [3.05, 3.63) is 42.1 Å². The molecule has 0 bridgehead atoms. The molecule has 0 radical (unpaired) electrons. The largest absolute Gasteiger partial charge is 0.437 e. The normalized spacial score (nSPS) is 10.1. The molecule has 0 spiro atoms. The number of ether oxygens (including phenoxy) is 1. The zero-order valence-corrected chi connectivity index (χ0v) is 11.3. The van der Waals surface area contributed by atoms with Crippen molar-refractivity contribution >= 4 is 17.3 Å². The fourth-order valence-electron chi connectivity index (χ4n) is 1.59. The molecule has 0 aliphatic rings. The number of carbonyl (C=O) groups is 1. The molecule has 4 N–H and O–H groups in total. The number of hydrogen-bond acceptors (Lipinski definition) is 5. The van der Waals surface area contributed by atoms with Gasteiger partial charge in [-0.2, -0.15) is 0 Å². The van der Waals surface area contributed by atoms with Crippen LogP contribution < -0.4 is 21.1 Å². The van der Waals surface area contributed by atoms with E-state index in [1.54, 1.807) is 18.2 Å². The molecule has 0 fully saturated rings. The molecule has 1 heterocycles. The summed E-state index contributed by atoms with van der Waals surface area (Å²) in [6, 6.07) is 8.60. The van der Waals surface area contributed by atoms with Crippen molar-refractivity contribution < 1.29 is 9.53 Å². The minimum absolute atomic E-state index is 0.326. The average Bonchev–Trinajstić information content (AvgIpc) is 2.41. The van der Waals surface area contributed by atoms with Gasteiger partial charge in [0.05, 0.1) is 11.3 Å². The Morgan fingerprint density at radius 3 is 2.55 bits per heavy atom. The van der Waals surface area contributed by atoms with E-state index in [1.165, 1.54) is 6.20 Å². The van der Waals surface area contributed by atoms with Gasteiger partial charge in [-0.25, -0.2) is 4.98 Å². The van der Waals surface area contributed by atoms with Gasteiger partial charge in [0.1, 0.15) is 0 Å². The topological polar surface area (TPSA) is 94.5 Å². The highest BCUT2D eigenvalue weighted by Crippen LogP contribution is 2.30. The van der Waals surface area contributed by atoms with Crippen molar-refractivity contribution in [2.75, 3.05) is 24.7 Å². The number of anilines is 2. The standard InChI is InChI=1S/C14H16N4O2/c1-18(2)10-4-5-11(15)12(7-10)20-13-6-3-9(8-17-13)14(16)19/h3-8H,15H2,1-2H3,(H2,16,19). The van der Waals surface area contributed by atoms with Crippen LogP contribution in [0.3, 0.4) is 0 Å². The Hall–Kier alpha value is -2.76. The van der Waals surface area contributed by atoms with Crippen molar-refractivity contribution in [2.24, 2.45) is 5.73 Å². The Morgan fingerprint density at radius 1 is 1.25 bits per heavy atom. The Kier molecular flexibility index (Phi) is 3.74. The first kappa shape index (κ1) is 13.7. The van der Waals surface area contributed by atoms with Crippen LogP contribution in [0.2, 0.25) is 0 Å². The smallest absolute Gasteiger partial charge is 0.250 e. The first-order chi connectivity index (χ1) is 9.47. The zero-order valence-electron chi connectivity index (χ0n) is 11.3. The first-order valence-electron chi connectivity index (χ1n) is 5.98. The van der Waals surface area contributed by atoms with Gasteiger partial charge < -0.3 is 21.1 Å². The molecule has 2 aromatic rings. The summed E-state index contributed by atoms with van der Waals surface area (Å²) < 4.78 is 5.62. The number of amides is 1. The number of aromatic nitrogens is 1. The SMILES string of the molecule is CN(C)c1ccc(N)c(Oc2ccc(C(N)=O)cn2)c1. The second kappa shape index (κ2) is 5.48. The lowest BCUT2D eigenvalue weighted by molar-refractivity contribution is 0.1000. The maximum atomic E-state index is 11.0. The molecule has 6 nitrogen and oxygen atoms in total. The zero-order chi connectivity index (χ0) is 14.7. The van der Waals surface area contributed by atoms with E-state index in [2.05, 4.69) is 4.98 Å². The van der Waals surface area contributed by atoms with Gasteiger partial charge in [-0.3, -0.25) is 4.79 Å². The maximum absolute atomic E-state index is 11.0. The molecular weight excluding hydrogens is 256 g/mol. The van der Waals surface area contributed by atoms with Gasteiger partial charge in [-0.05, 0) is 18.2 Å². The van der Waals surface area contributed by atoms with Crippen molar-refractivity contribution in [2.45, 2.75) is 0 Å². The maximum Gasteiger partial charge on any atom is 0.250 e. The quantitative estimate of drug-likeness (QED) is 0.825. The van der Waals surface area contributed by atoms with Crippen molar-refractivity contribution in [3.8, 4) is 11.6 Å². The van der Waals surface area contributed by atoms with E-state index in [0.717, 1.165) is 5.69 Å². The number of carbonyl (C=O) groups excluding carboxylic acids is 1. The summed E-state index contributed by atoms with van der Waals surface area (Å²) in [4.78, 5) is 16.9.